The summed E-state index contributed by atoms with van der Waals surface area (Å²) in [6.07, 6.45) is 0. The van der Waals surface area contributed by atoms with Crippen molar-refractivity contribution in [1.82, 2.24) is 15.4 Å². The van der Waals surface area contributed by atoms with Crippen LogP contribution in [0.25, 0.3) is 22.2 Å². The number of aromatic amines is 1. The minimum atomic E-state index is 0.732. The lowest BCUT2D eigenvalue weighted by molar-refractivity contribution is 0.959. The number of H-pyrrole nitrogens is 1. The maximum atomic E-state index is 5.86. The van der Waals surface area contributed by atoms with Gasteiger partial charge in [0.25, 0.3) is 0 Å². The van der Waals surface area contributed by atoms with Crippen LogP contribution in [0, 0.1) is 0 Å². The summed E-state index contributed by atoms with van der Waals surface area (Å²) in [5, 5.41) is 11.5. The van der Waals surface area contributed by atoms with E-state index in [0.29, 0.717) is 0 Å². The molecular formula is C12H8ClN3. The predicted molar refractivity (Wildman–Crippen MR) is 64.3 cm³/mol. The van der Waals surface area contributed by atoms with Gasteiger partial charge in [0, 0.05) is 10.6 Å². The lowest BCUT2D eigenvalue weighted by atomic mass is 10.0. The minimum absolute atomic E-state index is 0.732. The van der Waals surface area contributed by atoms with Crippen molar-refractivity contribution in [3.05, 3.63) is 47.5 Å². The topological polar surface area (TPSA) is 41.6 Å². The van der Waals surface area contributed by atoms with E-state index in [1.54, 1.807) is 0 Å². The molecule has 0 atom stereocenters. The smallest absolute Gasteiger partial charge is 0.120 e. The van der Waals surface area contributed by atoms with E-state index in [4.69, 9.17) is 11.6 Å². The highest BCUT2D eigenvalue weighted by molar-refractivity contribution is 6.30. The first-order chi connectivity index (χ1) is 7.84. The summed E-state index contributed by atoms with van der Waals surface area (Å²) < 4.78 is 0. The van der Waals surface area contributed by atoms with Crippen molar-refractivity contribution in [2.75, 3.05) is 0 Å². The molecule has 4 heteroatoms. The Kier molecular flexibility index (Phi) is 2.11. The minimum Gasteiger partial charge on any atom is -0.258 e. The van der Waals surface area contributed by atoms with Crippen molar-refractivity contribution in [2.45, 2.75) is 0 Å². The summed E-state index contributed by atoms with van der Waals surface area (Å²) in [6, 6.07) is 13.7. The zero-order chi connectivity index (χ0) is 11.0. The van der Waals surface area contributed by atoms with Crippen LogP contribution in [0.3, 0.4) is 0 Å². The van der Waals surface area contributed by atoms with E-state index in [1.165, 1.54) is 0 Å². The molecule has 3 nitrogen and oxygen atoms in total. The number of halogens is 1. The van der Waals surface area contributed by atoms with Gasteiger partial charge in [-0.05, 0) is 23.8 Å². The van der Waals surface area contributed by atoms with E-state index in [9.17, 15) is 0 Å². The van der Waals surface area contributed by atoms with Crippen LogP contribution >= 0.6 is 11.6 Å². The fraction of sp³-hybridized carbons (Fsp3) is 0. The Balaban J connectivity index is 2.25. The first kappa shape index (κ1) is 9.36. The molecule has 0 spiro atoms. The van der Waals surface area contributed by atoms with Gasteiger partial charge in [-0.15, -0.1) is 5.10 Å². The largest absolute Gasteiger partial charge is 0.258 e. The number of fused-ring (bicyclic) bond motifs is 1. The summed E-state index contributed by atoms with van der Waals surface area (Å²) in [4.78, 5) is 0. The second kappa shape index (κ2) is 3.61. The van der Waals surface area contributed by atoms with Crippen LogP contribution in [0.1, 0.15) is 0 Å². The van der Waals surface area contributed by atoms with Crippen molar-refractivity contribution >= 4 is 22.6 Å². The summed E-state index contributed by atoms with van der Waals surface area (Å²) >= 11 is 5.86. The summed E-state index contributed by atoms with van der Waals surface area (Å²) in [7, 11) is 0. The Hall–Kier alpha value is -1.87. The first-order valence-corrected chi connectivity index (χ1v) is 5.28. The highest BCUT2D eigenvalue weighted by Crippen LogP contribution is 2.26. The van der Waals surface area contributed by atoms with Crippen molar-refractivity contribution < 1.29 is 0 Å². The molecule has 1 aromatic heterocycles. The predicted octanol–water partition coefficient (Wildman–Crippen LogP) is 3.28. The van der Waals surface area contributed by atoms with Crippen LogP contribution in [0.4, 0.5) is 0 Å². The molecule has 1 heterocycles. The molecule has 0 fully saturated rings. The van der Waals surface area contributed by atoms with E-state index < -0.39 is 0 Å². The highest BCUT2D eigenvalue weighted by atomic mass is 35.5. The van der Waals surface area contributed by atoms with Crippen LogP contribution in [0.5, 0.6) is 0 Å². The Morgan fingerprint density at radius 3 is 2.62 bits per heavy atom. The Morgan fingerprint density at radius 1 is 1.00 bits per heavy atom. The quantitative estimate of drug-likeness (QED) is 0.696. The van der Waals surface area contributed by atoms with Gasteiger partial charge in [0.2, 0.25) is 0 Å². The van der Waals surface area contributed by atoms with Gasteiger partial charge in [0.05, 0.1) is 5.52 Å². The number of rotatable bonds is 1. The SMILES string of the molecule is Clc1ccc(-c2cccc3[nH]nnc23)cc1. The zero-order valence-electron chi connectivity index (χ0n) is 8.31. The maximum absolute atomic E-state index is 5.86. The monoisotopic (exact) mass is 229 g/mol. The second-order valence-corrected chi connectivity index (χ2v) is 3.96. The average Bonchev–Trinajstić information content (AvgIpc) is 2.78. The van der Waals surface area contributed by atoms with Crippen LogP contribution in [0.2, 0.25) is 5.02 Å². The van der Waals surface area contributed by atoms with Gasteiger partial charge < -0.3 is 0 Å². The van der Waals surface area contributed by atoms with Crippen LogP contribution in [-0.2, 0) is 0 Å². The molecule has 2 aromatic carbocycles. The molecule has 0 bridgehead atoms. The van der Waals surface area contributed by atoms with E-state index >= 15 is 0 Å². The summed E-state index contributed by atoms with van der Waals surface area (Å²) in [5.41, 5.74) is 3.96. The van der Waals surface area contributed by atoms with Gasteiger partial charge in [0.15, 0.2) is 0 Å². The number of aromatic nitrogens is 3. The van der Waals surface area contributed by atoms with Gasteiger partial charge in [-0.25, -0.2) is 0 Å². The first-order valence-electron chi connectivity index (χ1n) is 4.90. The maximum Gasteiger partial charge on any atom is 0.120 e. The molecule has 0 radical (unpaired) electrons. The number of nitrogens with zero attached hydrogens (tertiary/aromatic N) is 2. The van der Waals surface area contributed by atoms with Crippen molar-refractivity contribution in [1.29, 1.82) is 0 Å². The molecule has 3 rings (SSSR count). The van der Waals surface area contributed by atoms with Crippen molar-refractivity contribution in [2.24, 2.45) is 0 Å². The Morgan fingerprint density at radius 2 is 1.81 bits per heavy atom. The standard InChI is InChI=1S/C12H8ClN3/c13-9-6-4-8(5-7-9)10-2-1-3-11-12(10)15-16-14-11/h1-7H,(H,14,15,16). The highest BCUT2D eigenvalue weighted by Gasteiger charge is 2.05. The molecule has 1 N–H and O–H groups in total. The van der Waals surface area contributed by atoms with Gasteiger partial charge in [-0.2, -0.15) is 0 Å². The van der Waals surface area contributed by atoms with Gasteiger partial charge >= 0.3 is 0 Å². The lowest BCUT2D eigenvalue weighted by Crippen LogP contribution is -1.80. The molecule has 0 saturated carbocycles. The fourth-order valence-electron chi connectivity index (χ4n) is 1.73. The number of benzene rings is 2. The van der Waals surface area contributed by atoms with Gasteiger partial charge in [-0.1, -0.05) is 41.1 Å². The lowest BCUT2D eigenvalue weighted by Gasteiger charge is -2.01. The number of nitrogens with one attached hydrogen (secondary N) is 1. The fourth-order valence-corrected chi connectivity index (χ4v) is 1.86. The normalized spacial score (nSPS) is 10.8. The Labute approximate surface area is 97.1 Å². The van der Waals surface area contributed by atoms with Crippen molar-refractivity contribution in [3.8, 4) is 11.1 Å². The van der Waals surface area contributed by atoms with Crippen molar-refractivity contribution in [3.63, 3.8) is 0 Å². The third-order valence-corrected chi connectivity index (χ3v) is 2.76. The molecule has 78 valence electrons. The summed E-state index contributed by atoms with van der Waals surface area (Å²) in [6.45, 7) is 0. The average molecular weight is 230 g/mol. The second-order valence-electron chi connectivity index (χ2n) is 3.52. The zero-order valence-corrected chi connectivity index (χ0v) is 9.07. The molecule has 3 aromatic rings. The van der Waals surface area contributed by atoms with E-state index in [1.807, 2.05) is 42.5 Å². The third-order valence-electron chi connectivity index (χ3n) is 2.51. The molecule has 0 aliphatic rings. The van der Waals surface area contributed by atoms with Gasteiger partial charge in [0.1, 0.15) is 5.52 Å². The molecule has 0 unspecified atom stereocenters. The van der Waals surface area contributed by atoms with E-state index in [-0.39, 0.29) is 0 Å². The number of hydrogen-bond acceptors (Lipinski definition) is 2. The Bertz CT molecular complexity index is 628. The van der Waals surface area contributed by atoms with Crippen LogP contribution in [0.15, 0.2) is 42.5 Å². The van der Waals surface area contributed by atoms with Crippen LogP contribution in [-0.4, -0.2) is 15.4 Å². The molecule has 0 amide bonds. The molecular weight excluding hydrogens is 222 g/mol. The van der Waals surface area contributed by atoms with E-state index in [2.05, 4.69) is 15.4 Å². The molecule has 16 heavy (non-hydrogen) atoms. The van der Waals surface area contributed by atoms with Crippen LogP contribution < -0.4 is 0 Å². The molecule has 0 aliphatic carbocycles. The third kappa shape index (κ3) is 1.46. The molecule has 0 aliphatic heterocycles. The van der Waals surface area contributed by atoms with E-state index in [0.717, 1.165) is 27.2 Å². The summed E-state index contributed by atoms with van der Waals surface area (Å²) in [5.74, 6) is 0. The molecule has 0 saturated heterocycles. The number of hydrogen-bond donors (Lipinski definition) is 1. The van der Waals surface area contributed by atoms with Gasteiger partial charge in [-0.3, -0.25) is 5.10 Å².